The van der Waals surface area contributed by atoms with Crippen molar-refractivity contribution in [2.45, 2.75) is 51.0 Å². The molecule has 4 rings (SSSR count). The third kappa shape index (κ3) is 4.29. The van der Waals surface area contributed by atoms with Gasteiger partial charge in [0, 0.05) is 37.4 Å². The summed E-state index contributed by atoms with van der Waals surface area (Å²) in [5.41, 5.74) is 3.45. The number of sulfonamides is 1. The number of piperidine rings is 1. The van der Waals surface area contributed by atoms with E-state index in [1.165, 1.54) is 11.2 Å². The summed E-state index contributed by atoms with van der Waals surface area (Å²) in [5, 5.41) is 2.91. The fraction of sp³-hybridized carbons (Fsp3) is 0.417. The second-order valence-corrected chi connectivity index (χ2v) is 10.7. The molecule has 2 heterocycles. The number of fused-ring (bicyclic) bond motifs is 1. The molecule has 1 saturated heterocycles. The van der Waals surface area contributed by atoms with Crippen LogP contribution in [-0.2, 0) is 26.0 Å². The number of amides is 2. The number of rotatable bonds is 4. The number of hydrogen-bond acceptors (Lipinski definition) is 4. The first-order chi connectivity index (χ1) is 15.2. The first-order valence-corrected chi connectivity index (χ1v) is 12.4. The molecule has 7 nitrogen and oxygen atoms in total. The van der Waals surface area contributed by atoms with E-state index in [2.05, 4.69) is 5.32 Å². The number of aryl methyl sites for hydroxylation is 1. The molecule has 2 amide bonds. The molecule has 1 fully saturated rings. The van der Waals surface area contributed by atoms with Crippen LogP contribution < -0.4 is 10.2 Å². The molecule has 2 atom stereocenters. The minimum absolute atomic E-state index is 0.00490. The van der Waals surface area contributed by atoms with Crippen LogP contribution in [0.2, 0.25) is 0 Å². The molecule has 0 spiro atoms. The molecular weight excluding hydrogens is 426 g/mol. The Bertz CT molecular complexity index is 1140. The van der Waals surface area contributed by atoms with Crippen molar-refractivity contribution in [2.24, 2.45) is 5.92 Å². The second kappa shape index (κ2) is 8.67. The molecular formula is C24H29N3O4S. The van der Waals surface area contributed by atoms with Gasteiger partial charge in [-0.3, -0.25) is 9.59 Å². The summed E-state index contributed by atoms with van der Waals surface area (Å²) in [4.78, 5) is 26.7. The maximum Gasteiger partial charge on any atom is 0.243 e. The van der Waals surface area contributed by atoms with Crippen molar-refractivity contribution in [2.75, 3.05) is 23.3 Å². The van der Waals surface area contributed by atoms with Crippen molar-refractivity contribution in [3.05, 3.63) is 53.6 Å². The molecule has 0 saturated carbocycles. The van der Waals surface area contributed by atoms with E-state index in [0.29, 0.717) is 31.5 Å². The molecule has 1 N–H and O–H groups in total. The van der Waals surface area contributed by atoms with Crippen LogP contribution >= 0.6 is 0 Å². The highest BCUT2D eigenvalue weighted by Gasteiger charge is 2.35. The first kappa shape index (κ1) is 22.5. The fourth-order valence-corrected chi connectivity index (χ4v) is 6.23. The van der Waals surface area contributed by atoms with Crippen molar-refractivity contribution < 1.29 is 18.0 Å². The zero-order valence-corrected chi connectivity index (χ0v) is 19.5. The largest absolute Gasteiger partial charge is 0.326 e. The lowest BCUT2D eigenvalue weighted by Gasteiger charge is -2.31. The topological polar surface area (TPSA) is 86.8 Å². The van der Waals surface area contributed by atoms with E-state index in [9.17, 15) is 18.0 Å². The van der Waals surface area contributed by atoms with Crippen LogP contribution in [0, 0.1) is 12.8 Å². The van der Waals surface area contributed by atoms with Gasteiger partial charge in [-0.2, -0.15) is 4.31 Å². The third-order valence-corrected chi connectivity index (χ3v) is 8.18. The maximum absolute atomic E-state index is 13.4. The van der Waals surface area contributed by atoms with Gasteiger partial charge in [-0.15, -0.1) is 0 Å². The Labute approximate surface area is 189 Å². The molecule has 0 radical (unpaired) electrons. The van der Waals surface area contributed by atoms with Crippen molar-refractivity contribution in [1.82, 2.24) is 4.31 Å². The Morgan fingerprint density at radius 2 is 1.81 bits per heavy atom. The molecule has 2 aliphatic heterocycles. The minimum atomic E-state index is -3.73. The van der Waals surface area contributed by atoms with Gasteiger partial charge in [-0.25, -0.2) is 8.42 Å². The number of hydrogen-bond donors (Lipinski definition) is 1. The van der Waals surface area contributed by atoms with Crippen LogP contribution in [0.15, 0.2) is 47.4 Å². The van der Waals surface area contributed by atoms with Crippen molar-refractivity contribution in [1.29, 1.82) is 0 Å². The monoisotopic (exact) mass is 455 g/mol. The van der Waals surface area contributed by atoms with Crippen LogP contribution in [0.4, 0.5) is 11.4 Å². The Morgan fingerprint density at radius 3 is 2.50 bits per heavy atom. The number of carbonyl (C=O) groups excluding carboxylic acids is 2. The van der Waals surface area contributed by atoms with Gasteiger partial charge in [-0.05, 0) is 69.0 Å². The number of benzene rings is 2. The van der Waals surface area contributed by atoms with E-state index in [1.807, 2.05) is 38.1 Å². The zero-order valence-electron chi connectivity index (χ0n) is 18.7. The van der Waals surface area contributed by atoms with E-state index < -0.39 is 15.9 Å². The lowest BCUT2D eigenvalue weighted by Crippen LogP contribution is -2.43. The summed E-state index contributed by atoms with van der Waals surface area (Å²) in [5.74, 6) is -0.610. The predicted molar refractivity (Wildman–Crippen MR) is 124 cm³/mol. The number of anilines is 2. The van der Waals surface area contributed by atoms with E-state index in [-0.39, 0.29) is 29.3 Å². The normalized spacial score (nSPS) is 21.3. The Hall–Kier alpha value is -2.71. The molecule has 2 aromatic carbocycles. The molecule has 2 aliphatic rings. The van der Waals surface area contributed by atoms with Crippen LogP contribution in [0.1, 0.15) is 37.8 Å². The molecule has 0 bridgehead atoms. The fourth-order valence-electron chi connectivity index (χ4n) is 4.65. The lowest BCUT2D eigenvalue weighted by atomic mass is 9.98. The average Bonchev–Trinajstić information content (AvgIpc) is 3.10. The van der Waals surface area contributed by atoms with Crippen LogP contribution in [0.5, 0.6) is 0 Å². The third-order valence-electron chi connectivity index (χ3n) is 6.32. The Kier molecular flexibility index (Phi) is 6.09. The maximum atomic E-state index is 13.4. The number of nitrogens with one attached hydrogen (secondary N) is 1. The summed E-state index contributed by atoms with van der Waals surface area (Å²) in [7, 11) is -3.73. The van der Waals surface area contributed by atoms with Gasteiger partial charge in [0.15, 0.2) is 0 Å². The molecule has 2 aromatic rings. The van der Waals surface area contributed by atoms with Gasteiger partial charge in [-0.1, -0.05) is 17.7 Å². The molecule has 32 heavy (non-hydrogen) atoms. The Morgan fingerprint density at radius 1 is 1.09 bits per heavy atom. The standard InChI is InChI=1S/C24H29N3O4S/c1-16-6-8-21(9-7-16)25-24(29)19-5-4-12-26(15-19)32(30,31)22-10-11-23-20(14-22)13-17(2)27(23)18(3)28/h6-11,14,17,19H,4-5,12-13,15H2,1-3H3,(H,25,29)/t17-,19+/m0/s1. The minimum Gasteiger partial charge on any atom is -0.326 e. The molecule has 0 unspecified atom stereocenters. The highest BCUT2D eigenvalue weighted by atomic mass is 32.2. The second-order valence-electron chi connectivity index (χ2n) is 8.79. The van der Waals surface area contributed by atoms with Crippen molar-refractivity contribution in [3.63, 3.8) is 0 Å². The lowest BCUT2D eigenvalue weighted by molar-refractivity contribution is -0.121. The van der Waals surface area contributed by atoms with Crippen LogP contribution in [0.3, 0.4) is 0 Å². The van der Waals surface area contributed by atoms with Crippen LogP contribution in [0.25, 0.3) is 0 Å². The van der Waals surface area contributed by atoms with E-state index in [1.54, 1.807) is 23.1 Å². The van der Waals surface area contributed by atoms with E-state index in [4.69, 9.17) is 0 Å². The average molecular weight is 456 g/mol. The SMILES string of the molecule is CC(=O)N1c2ccc(S(=O)(=O)N3CCC[C@@H](C(=O)Nc4ccc(C)cc4)C3)cc2C[C@@H]1C. The predicted octanol–water partition coefficient (Wildman–Crippen LogP) is 3.33. The van der Waals surface area contributed by atoms with Crippen LogP contribution in [-0.4, -0.2) is 43.7 Å². The van der Waals surface area contributed by atoms with Gasteiger partial charge in [0.1, 0.15) is 0 Å². The molecule has 0 aliphatic carbocycles. The van der Waals surface area contributed by atoms with Gasteiger partial charge >= 0.3 is 0 Å². The molecule has 170 valence electrons. The highest BCUT2D eigenvalue weighted by molar-refractivity contribution is 7.89. The summed E-state index contributed by atoms with van der Waals surface area (Å²) >= 11 is 0. The van der Waals surface area contributed by atoms with Gasteiger partial charge in [0.2, 0.25) is 21.8 Å². The first-order valence-electron chi connectivity index (χ1n) is 11.0. The molecule has 8 heteroatoms. The van der Waals surface area contributed by atoms with Crippen molar-refractivity contribution in [3.8, 4) is 0 Å². The van der Waals surface area contributed by atoms with E-state index >= 15 is 0 Å². The number of nitrogens with zero attached hydrogens (tertiary/aromatic N) is 2. The highest BCUT2D eigenvalue weighted by Crippen LogP contribution is 2.35. The van der Waals surface area contributed by atoms with E-state index in [0.717, 1.165) is 16.8 Å². The smallest absolute Gasteiger partial charge is 0.243 e. The Balaban J connectivity index is 1.50. The quantitative estimate of drug-likeness (QED) is 0.766. The van der Waals surface area contributed by atoms with Gasteiger partial charge in [0.05, 0.1) is 10.8 Å². The van der Waals surface area contributed by atoms with Gasteiger partial charge < -0.3 is 10.2 Å². The summed E-state index contributed by atoms with van der Waals surface area (Å²) < 4.78 is 28.1. The molecule has 0 aromatic heterocycles. The zero-order chi connectivity index (χ0) is 23.0. The summed E-state index contributed by atoms with van der Waals surface area (Å²) in [6.07, 6.45) is 1.91. The summed E-state index contributed by atoms with van der Waals surface area (Å²) in [6, 6.07) is 12.5. The number of carbonyl (C=O) groups is 2. The van der Waals surface area contributed by atoms with Gasteiger partial charge in [0.25, 0.3) is 0 Å². The van der Waals surface area contributed by atoms with Crippen molar-refractivity contribution >= 4 is 33.2 Å². The summed E-state index contributed by atoms with van der Waals surface area (Å²) in [6.45, 7) is 6.01.